The third-order valence-electron chi connectivity index (χ3n) is 5.53. The van der Waals surface area contributed by atoms with E-state index in [4.69, 9.17) is 16.3 Å². The lowest BCUT2D eigenvalue weighted by Crippen LogP contribution is -2.41. The molecule has 2 amide bonds. The Labute approximate surface area is 197 Å². The molecule has 0 radical (unpaired) electrons. The molecular formula is C26H24ClFN2O3. The molecule has 33 heavy (non-hydrogen) atoms. The molecule has 0 unspecified atom stereocenters. The lowest BCUT2D eigenvalue weighted by molar-refractivity contribution is -0.134. The minimum Gasteiger partial charge on any atom is -0.378 e. The fourth-order valence-corrected chi connectivity index (χ4v) is 3.87. The molecule has 0 bridgehead atoms. The summed E-state index contributed by atoms with van der Waals surface area (Å²) in [4.78, 5) is 29.3. The molecule has 5 nitrogen and oxygen atoms in total. The maximum absolute atomic E-state index is 13.8. The minimum absolute atomic E-state index is 0.0555. The normalized spacial score (nSPS) is 13.6. The Bertz CT molecular complexity index is 1110. The Balaban J connectivity index is 1.55. The van der Waals surface area contributed by atoms with Crippen LogP contribution in [0.2, 0.25) is 5.02 Å². The third-order valence-corrected chi connectivity index (χ3v) is 5.79. The van der Waals surface area contributed by atoms with Gasteiger partial charge in [0.2, 0.25) is 5.91 Å². The molecule has 3 aromatic rings. The van der Waals surface area contributed by atoms with Gasteiger partial charge >= 0.3 is 0 Å². The number of halogens is 2. The van der Waals surface area contributed by atoms with E-state index in [1.54, 1.807) is 46.2 Å². The van der Waals surface area contributed by atoms with E-state index in [1.807, 2.05) is 24.3 Å². The SMILES string of the molecule is O=C(Cc1ccc(N(Cc2cccc(F)c2)C(=O)c2ccc(Cl)cc2)cc1)N1CCOCC1. The summed E-state index contributed by atoms with van der Waals surface area (Å²) in [6.45, 7) is 2.53. The highest BCUT2D eigenvalue weighted by molar-refractivity contribution is 6.30. The van der Waals surface area contributed by atoms with Gasteiger partial charge < -0.3 is 14.5 Å². The van der Waals surface area contributed by atoms with E-state index in [9.17, 15) is 14.0 Å². The predicted octanol–water partition coefficient (Wildman–Crippen LogP) is 4.73. The zero-order chi connectivity index (χ0) is 23.2. The van der Waals surface area contributed by atoms with Crippen molar-refractivity contribution in [1.82, 2.24) is 4.90 Å². The Hall–Kier alpha value is -3.22. The van der Waals surface area contributed by atoms with Gasteiger partial charge in [0.1, 0.15) is 5.82 Å². The smallest absolute Gasteiger partial charge is 0.258 e. The van der Waals surface area contributed by atoms with Gasteiger partial charge in [0.15, 0.2) is 0 Å². The monoisotopic (exact) mass is 466 g/mol. The van der Waals surface area contributed by atoms with E-state index in [0.29, 0.717) is 48.1 Å². The van der Waals surface area contributed by atoms with Crippen LogP contribution in [0.4, 0.5) is 10.1 Å². The number of hydrogen-bond acceptors (Lipinski definition) is 3. The van der Waals surface area contributed by atoms with Crippen molar-refractivity contribution >= 4 is 29.1 Å². The molecule has 0 atom stereocenters. The lowest BCUT2D eigenvalue weighted by Gasteiger charge is -2.27. The molecule has 0 aromatic heterocycles. The molecule has 0 N–H and O–H groups in total. The highest BCUT2D eigenvalue weighted by Crippen LogP contribution is 2.23. The summed E-state index contributed by atoms with van der Waals surface area (Å²) >= 11 is 5.97. The van der Waals surface area contributed by atoms with Crippen molar-refractivity contribution in [2.24, 2.45) is 0 Å². The highest BCUT2D eigenvalue weighted by Gasteiger charge is 2.20. The molecule has 0 spiro atoms. The van der Waals surface area contributed by atoms with Crippen molar-refractivity contribution in [1.29, 1.82) is 0 Å². The molecule has 1 aliphatic rings. The molecule has 1 fully saturated rings. The first-order valence-electron chi connectivity index (χ1n) is 10.8. The molecule has 4 rings (SSSR count). The molecular weight excluding hydrogens is 443 g/mol. The molecule has 1 heterocycles. The summed E-state index contributed by atoms with van der Waals surface area (Å²) < 4.78 is 19.1. The summed E-state index contributed by atoms with van der Waals surface area (Å²) in [6.07, 6.45) is 0.287. The van der Waals surface area contributed by atoms with Crippen LogP contribution in [0.25, 0.3) is 0 Å². The van der Waals surface area contributed by atoms with Crippen LogP contribution in [0.15, 0.2) is 72.8 Å². The maximum Gasteiger partial charge on any atom is 0.258 e. The molecule has 1 saturated heterocycles. The van der Waals surface area contributed by atoms with Gasteiger partial charge in [-0.2, -0.15) is 0 Å². The van der Waals surface area contributed by atoms with Crippen molar-refractivity contribution in [2.45, 2.75) is 13.0 Å². The van der Waals surface area contributed by atoms with E-state index in [1.165, 1.54) is 12.1 Å². The molecule has 3 aromatic carbocycles. The quantitative estimate of drug-likeness (QED) is 0.528. The number of morpholine rings is 1. The minimum atomic E-state index is -0.358. The number of hydrogen-bond donors (Lipinski definition) is 0. The van der Waals surface area contributed by atoms with Crippen molar-refractivity contribution < 1.29 is 18.7 Å². The van der Waals surface area contributed by atoms with Crippen LogP contribution in [0.5, 0.6) is 0 Å². The van der Waals surface area contributed by atoms with E-state index in [0.717, 1.165) is 5.56 Å². The van der Waals surface area contributed by atoms with Crippen LogP contribution in [0.3, 0.4) is 0 Å². The summed E-state index contributed by atoms with van der Waals surface area (Å²) in [6, 6.07) is 20.2. The first-order chi connectivity index (χ1) is 16.0. The first-order valence-corrected chi connectivity index (χ1v) is 11.1. The molecule has 170 valence electrons. The highest BCUT2D eigenvalue weighted by atomic mass is 35.5. The Morgan fingerprint density at radius 3 is 2.30 bits per heavy atom. The van der Waals surface area contributed by atoms with Gasteiger partial charge in [-0.3, -0.25) is 9.59 Å². The number of carbonyl (C=O) groups excluding carboxylic acids is 2. The number of amides is 2. The zero-order valence-electron chi connectivity index (χ0n) is 18.0. The van der Waals surface area contributed by atoms with Gasteiger partial charge in [-0.05, 0) is 59.7 Å². The topological polar surface area (TPSA) is 49.9 Å². The molecule has 1 aliphatic heterocycles. The van der Waals surface area contributed by atoms with Gasteiger partial charge in [-0.15, -0.1) is 0 Å². The Morgan fingerprint density at radius 1 is 0.939 bits per heavy atom. The van der Waals surface area contributed by atoms with E-state index >= 15 is 0 Å². The van der Waals surface area contributed by atoms with Crippen molar-refractivity contribution in [2.75, 3.05) is 31.2 Å². The summed E-state index contributed by atoms with van der Waals surface area (Å²) in [5, 5.41) is 0.539. The van der Waals surface area contributed by atoms with Gasteiger partial charge in [-0.1, -0.05) is 35.9 Å². The molecule has 7 heteroatoms. The number of nitrogens with zero attached hydrogens (tertiary/aromatic N) is 2. The summed E-state index contributed by atoms with van der Waals surface area (Å²) in [5.41, 5.74) is 2.66. The summed E-state index contributed by atoms with van der Waals surface area (Å²) in [5.74, 6) is -0.531. The van der Waals surface area contributed by atoms with Gasteiger partial charge in [0, 0.05) is 29.4 Å². The Morgan fingerprint density at radius 2 is 1.64 bits per heavy atom. The number of benzene rings is 3. The van der Waals surface area contributed by atoms with Crippen molar-refractivity contribution in [3.63, 3.8) is 0 Å². The van der Waals surface area contributed by atoms with E-state index < -0.39 is 0 Å². The number of anilines is 1. The van der Waals surface area contributed by atoms with Crippen molar-refractivity contribution in [3.8, 4) is 0 Å². The second-order valence-corrected chi connectivity index (χ2v) is 8.30. The number of rotatable bonds is 6. The van der Waals surface area contributed by atoms with Crippen molar-refractivity contribution in [3.05, 3.63) is 100 Å². The average molecular weight is 467 g/mol. The standard InChI is InChI=1S/C26H24ClFN2O3/c27-22-8-6-21(7-9-22)26(32)30(18-20-2-1-3-23(28)16-20)24-10-4-19(5-11-24)17-25(31)29-12-14-33-15-13-29/h1-11,16H,12-15,17-18H2. The second-order valence-electron chi connectivity index (χ2n) is 7.86. The van der Waals surface area contributed by atoms with E-state index in [2.05, 4.69) is 0 Å². The fraction of sp³-hybridized carbons (Fsp3) is 0.231. The number of ether oxygens (including phenoxy) is 1. The van der Waals surface area contributed by atoms with Crippen LogP contribution in [-0.4, -0.2) is 43.0 Å². The molecule has 0 saturated carbocycles. The maximum atomic E-state index is 13.8. The lowest BCUT2D eigenvalue weighted by atomic mass is 10.1. The van der Waals surface area contributed by atoms with Crippen LogP contribution in [-0.2, 0) is 22.5 Å². The fourth-order valence-electron chi connectivity index (χ4n) is 3.74. The predicted molar refractivity (Wildman–Crippen MR) is 126 cm³/mol. The van der Waals surface area contributed by atoms with Gasteiger partial charge in [-0.25, -0.2) is 4.39 Å². The first kappa shape index (κ1) is 23.0. The van der Waals surface area contributed by atoms with Crippen LogP contribution in [0, 0.1) is 5.82 Å². The van der Waals surface area contributed by atoms with Crippen LogP contribution in [0.1, 0.15) is 21.5 Å². The second kappa shape index (κ2) is 10.6. The van der Waals surface area contributed by atoms with Crippen LogP contribution >= 0.6 is 11.6 Å². The van der Waals surface area contributed by atoms with E-state index in [-0.39, 0.29) is 30.6 Å². The number of carbonyl (C=O) groups is 2. The Kier molecular flexibility index (Phi) is 7.37. The molecule has 0 aliphatic carbocycles. The van der Waals surface area contributed by atoms with Gasteiger partial charge in [0.05, 0.1) is 26.2 Å². The van der Waals surface area contributed by atoms with Crippen LogP contribution < -0.4 is 4.90 Å². The average Bonchev–Trinajstić information content (AvgIpc) is 2.84. The largest absolute Gasteiger partial charge is 0.378 e. The van der Waals surface area contributed by atoms with Gasteiger partial charge in [0.25, 0.3) is 5.91 Å². The third kappa shape index (κ3) is 5.97. The summed E-state index contributed by atoms with van der Waals surface area (Å²) in [7, 11) is 0. The zero-order valence-corrected chi connectivity index (χ0v) is 18.8.